The molecular formula is C17H25NO5S. The van der Waals surface area contributed by atoms with Gasteiger partial charge in [-0.3, -0.25) is 4.79 Å². The highest BCUT2D eigenvalue weighted by Crippen LogP contribution is 2.17. The molecule has 0 spiro atoms. The minimum absolute atomic E-state index is 0.0582. The SMILES string of the molecule is O=C(O)CCC(Cc1ccccc1)NS(=O)(=O)CC1CCOCC1. The van der Waals surface area contributed by atoms with E-state index < -0.39 is 22.0 Å². The van der Waals surface area contributed by atoms with Gasteiger partial charge in [0.1, 0.15) is 0 Å². The molecule has 1 aliphatic rings. The third-order valence-corrected chi connectivity index (χ3v) is 5.78. The highest BCUT2D eigenvalue weighted by atomic mass is 32.2. The van der Waals surface area contributed by atoms with E-state index >= 15 is 0 Å². The van der Waals surface area contributed by atoms with Crippen LogP contribution in [0.25, 0.3) is 0 Å². The van der Waals surface area contributed by atoms with Crippen molar-refractivity contribution in [3.63, 3.8) is 0 Å². The summed E-state index contributed by atoms with van der Waals surface area (Å²) in [7, 11) is -3.45. The zero-order valence-electron chi connectivity index (χ0n) is 13.7. The van der Waals surface area contributed by atoms with Crippen molar-refractivity contribution >= 4 is 16.0 Å². The summed E-state index contributed by atoms with van der Waals surface area (Å²) in [6.07, 6.45) is 2.20. The molecule has 1 aromatic carbocycles. The molecule has 2 rings (SSSR count). The van der Waals surface area contributed by atoms with Gasteiger partial charge in [0.25, 0.3) is 0 Å². The van der Waals surface area contributed by atoms with Gasteiger partial charge in [0.15, 0.2) is 0 Å². The van der Waals surface area contributed by atoms with Crippen LogP contribution in [0.4, 0.5) is 0 Å². The van der Waals surface area contributed by atoms with Gasteiger partial charge in [-0.25, -0.2) is 13.1 Å². The van der Waals surface area contributed by atoms with E-state index in [2.05, 4.69) is 4.72 Å². The van der Waals surface area contributed by atoms with Gasteiger partial charge in [0, 0.05) is 25.7 Å². The van der Waals surface area contributed by atoms with Crippen LogP contribution < -0.4 is 4.72 Å². The first-order valence-corrected chi connectivity index (χ1v) is 9.93. The zero-order chi connectivity index (χ0) is 17.4. The molecule has 1 aliphatic heterocycles. The lowest BCUT2D eigenvalue weighted by atomic mass is 10.0. The second-order valence-corrected chi connectivity index (χ2v) is 8.07. The summed E-state index contributed by atoms with van der Waals surface area (Å²) in [5.74, 6) is -0.737. The Kier molecular flexibility index (Phi) is 7.20. The lowest BCUT2D eigenvalue weighted by Crippen LogP contribution is -2.40. The van der Waals surface area contributed by atoms with Crippen molar-refractivity contribution in [1.29, 1.82) is 0 Å². The number of sulfonamides is 1. The average Bonchev–Trinajstić information content (AvgIpc) is 2.54. The molecule has 1 unspecified atom stereocenters. The lowest BCUT2D eigenvalue weighted by Gasteiger charge is -2.24. The van der Waals surface area contributed by atoms with Crippen molar-refractivity contribution < 1.29 is 23.1 Å². The minimum atomic E-state index is -3.45. The van der Waals surface area contributed by atoms with Crippen LogP contribution in [0.15, 0.2) is 30.3 Å². The number of aliphatic carboxylic acids is 1. The van der Waals surface area contributed by atoms with Crippen molar-refractivity contribution in [3.8, 4) is 0 Å². The summed E-state index contributed by atoms with van der Waals surface area (Å²) in [5.41, 5.74) is 0.988. The highest BCUT2D eigenvalue weighted by molar-refractivity contribution is 7.89. The standard InChI is InChI=1S/C17H25NO5S/c19-17(20)7-6-16(12-14-4-2-1-3-5-14)18-24(21,22)13-15-8-10-23-11-9-15/h1-5,15-16,18H,6-13H2,(H,19,20). The Balaban J connectivity index is 1.98. The molecule has 1 heterocycles. The second-order valence-electron chi connectivity index (χ2n) is 6.27. The van der Waals surface area contributed by atoms with Gasteiger partial charge in [-0.05, 0) is 37.2 Å². The number of hydrogen-bond acceptors (Lipinski definition) is 4. The van der Waals surface area contributed by atoms with Crippen LogP contribution in [-0.4, -0.2) is 44.5 Å². The first kappa shape index (κ1) is 18.9. The Bertz CT molecular complexity index is 611. The summed E-state index contributed by atoms with van der Waals surface area (Å²) in [6.45, 7) is 1.21. The molecule has 0 radical (unpaired) electrons. The van der Waals surface area contributed by atoms with Crippen LogP contribution >= 0.6 is 0 Å². The predicted octanol–water partition coefficient (Wildman–Crippen LogP) is 1.81. The van der Waals surface area contributed by atoms with Crippen LogP contribution in [0.2, 0.25) is 0 Å². The maximum Gasteiger partial charge on any atom is 0.303 e. The Morgan fingerprint density at radius 3 is 2.54 bits per heavy atom. The summed E-state index contributed by atoms with van der Waals surface area (Å²) in [6, 6.07) is 9.10. The number of hydrogen-bond donors (Lipinski definition) is 2. The first-order valence-electron chi connectivity index (χ1n) is 8.28. The molecule has 1 atom stereocenters. The Morgan fingerprint density at radius 2 is 1.92 bits per heavy atom. The van der Waals surface area contributed by atoms with Gasteiger partial charge < -0.3 is 9.84 Å². The van der Waals surface area contributed by atoms with Gasteiger partial charge in [0.05, 0.1) is 5.75 Å². The van der Waals surface area contributed by atoms with Crippen LogP contribution in [0, 0.1) is 5.92 Å². The molecule has 134 valence electrons. The van der Waals surface area contributed by atoms with Gasteiger partial charge in [0.2, 0.25) is 10.0 Å². The van der Waals surface area contributed by atoms with E-state index in [1.807, 2.05) is 30.3 Å². The number of carboxylic acids is 1. The lowest BCUT2D eigenvalue weighted by molar-refractivity contribution is -0.137. The normalized spacial score (nSPS) is 17.5. The molecule has 24 heavy (non-hydrogen) atoms. The molecule has 0 amide bonds. The summed E-state index contributed by atoms with van der Waals surface area (Å²) in [5, 5.41) is 8.90. The minimum Gasteiger partial charge on any atom is -0.481 e. The number of rotatable bonds is 9. The number of carboxylic acid groups (broad SMARTS) is 1. The molecule has 1 saturated heterocycles. The predicted molar refractivity (Wildman–Crippen MR) is 91.3 cm³/mol. The van der Waals surface area contributed by atoms with Crippen molar-refractivity contribution in [2.45, 2.75) is 38.1 Å². The third-order valence-electron chi connectivity index (χ3n) is 4.17. The molecule has 6 nitrogen and oxygen atoms in total. The molecule has 1 aromatic rings. The molecule has 0 aromatic heterocycles. The molecular weight excluding hydrogens is 330 g/mol. The number of ether oxygens (including phenoxy) is 1. The van der Waals surface area contributed by atoms with Gasteiger partial charge in [-0.15, -0.1) is 0 Å². The Hall–Kier alpha value is -1.44. The smallest absolute Gasteiger partial charge is 0.303 e. The van der Waals surface area contributed by atoms with Crippen molar-refractivity contribution in [2.75, 3.05) is 19.0 Å². The largest absolute Gasteiger partial charge is 0.481 e. The third kappa shape index (κ3) is 6.98. The van der Waals surface area contributed by atoms with Crippen molar-refractivity contribution in [3.05, 3.63) is 35.9 Å². The average molecular weight is 355 g/mol. The topological polar surface area (TPSA) is 92.7 Å². The van der Waals surface area contributed by atoms with Crippen LogP contribution in [-0.2, 0) is 26.0 Å². The van der Waals surface area contributed by atoms with Gasteiger partial charge in [-0.1, -0.05) is 30.3 Å². The van der Waals surface area contributed by atoms with Crippen LogP contribution in [0.5, 0.6) is 0 Å². The van der Waals surface area contributed by atoms with E-state index in [0.717, 1.165) is 18.4 Å². The molecule has 1 fully saturated rings. The molecule has 0 bridgehead atoms. The van der Waals surface area contributed by atoms with E-state index in [4.69, 9.17) is 9.84 Å². The van der Waals surface area contributed by atoms with E-state index in [1.54, 1.807) is 0 Å². The first-order chi connectivity index (χ1) is 11.4. The summed E-state index contributed by atoms with van der Waals surface area (Å²) >= 11 is 0. The fourth-order valence-corrected chi connectivity index (χ4v) is 4.68. The van der Waals surface area contributed by atoms with Gasteiger partial charge in [-0.2, -0.15) is 0 Å². The fourth-order valence-electron chi connectivity index (χ4n) is 2.92. The van der Waals surface area contributed by atoms with Crippen LogP contribution in [0.3, 0.4) is 0 Å². The number of nitrogens with one attached hydrogen (secondary N) is 1. The Morgan fingerprint density at radius 1 is 1.25 bits per heavy atom. The van der Waals surface area contributed by atoms with Crippen molar-refractivity contribution in [2.24, 2.45) is 5.92 Å². The summed E-state index contributed by atoms with van der Waals surface area (Å²) in [4.78, 5) is 10.8. The zero-order valence-corrected chi connectivity index (χ0v) is 14.5. The quantitative estimate of drug-likeness (QED) is 0.705. The van der Waals surface area contributed by atoms with Crippen molar-refractivity contribution in [1.82, 2.24) is 4.72 Å². The molecule has 0 aliphatic carbocycles. The monoisotopic (exact) mass is 355 g/mol. The highest BCUT2D eigenvalue weighted by Gasteiger charge is 2.24. The number of benzene rings is 1. The van der Waals surface area contributed by atoms with E-state index in [0.29, 0.717) is 19.6 Å². The van der Waals surface area contributed by atoms with E-state index in [-0.39, 0.29) is 24.5 Å². The summed E-state index contributed by atoms with van der Waals surface area (Å²) < 4.78 is 32.9. The maximum atomic E-state index is 12.4. The molecule has 2 N–H and O–H groups in total. The molecule has 7 heteroatoms. The van der Waals surface area contributed by atoms with E-state index in [1.165, 1.54) is 0 Å². The van der Waals surface area contributed by atoms with E-state index in [9.17, 15) is 13.2 Å². The second kappa shape index (κ2) is 9.15. The fraction of sp³-hybridized carbons (Fsp3) is 0.588. The Labute approximate surface area is 143 Å². The molecule has 0 saturated carbocycles. The number of carbonyl (C=O) groups is 1. The van der Waals surface area contributed by atoms with Crippen LogP contribution in [0.1, 0.15) is 31.2 Å². The maximum absolute atomic E-state index is 12.4. The van der Waals surface area contributed by atoms with Gasteiger partial charge >= 0.3 is 5.97 Å².